The van der Waals surface area contributed by atoms with Gasteiger partial charge in [-0.25, -0.2) is 9.97 Å². The van der Waals surface area contributed by atoms with Gasteiger partial charge in [0.15, 0.2) is 0 Å². The van der Waals surface area contributed by atoms with Crippen LogP contribution in [0.2, 0.25) is 0 Å². The maximum atomic E-state index is 4.76. The van der Waals surface area contributed by atoms with Gasteiger partial charge in [0, 0.05) is 28.8 Å². The maximum absolute atomic E-state index is 4.76. The third-order valence-corrected chi connectivity index (χ3v) is 6.88. The molecule has 0 aliphatic carbocycles. The van der Waals surface area contributed by atoms with Gasteiger partial charge in [-0.2, -0.15) is 0 Å². The first kappa shape index (κ1) is 22.0. The number of aromatic nitrogens is 2. The normalized spacial score (nSPS) is 12.1. The number of fused-ring (bicyclic) bond motifs is 9. The van der Waals surface area contributed by atoms with Crippen LogP contribution in [0.15, 0.2) is 146 Å². The van der Waals surface area contributed by atoms with Crippen LogP contribution in [-0.2, 0) is 0 Å². The van der Waals surface area contributed by atoms with E-state index in [1.54, 1.807) is 6.33 Å². The van der Waals surface area contributed by atoms with Gasteiger partial charge in [0.1, 0.15) is 18.0 Å². The fraction of sp³-hybridized carbons (Fsp3) is 0. The molecular formula is C34H24N4. The van der Waals surface area contributed by atoms with Crippen molar-refractivity contribution in [3.63, 3.8) is 0 Å². The Hall–Kier alpha value is -5.22. The molecule has 0 atom stereocenters. The highest BCUT2D eigenvalue weighted by molar-refractivity contribution is 5.89. The molecule has 38 heavy (non-hydrogen) atoms. The molecular weight excluding hydrogens is 464 g/mol. The Labute approximate surface area is 222 Å². The number of nitrogens with zero attached hydrogens (tertiary/aromatic N) is 4. The van der Waals surface area contributed by atoms with Crippen LogP contribution in [-0.4, -0.2) is 9.97 Å². The minimum absolute atomic E-state index is 0.794. The van der Waals surface area contributed by atoms with E-state index in [4.69, 9.17) is 9.97 Å². The third kappa shape index (κ3) is 3.89. The zero-order valence-corrected chi connectivity index (χ0v) is 20.6. The van der Waals surface area contributed by atoms with Gasteiger partial charge in [0.05, 0.1) is 0 Å². The van der Waals surface area contributed by atoms with Crippen LogP contribution in [0, 0.1) is 0 Å². The van der Waals surface area contributed by atoms with Gasteiger partial charge in [0.2, 0.25) is 0 Å². The molecule has 1 aromatic heterocycles. The summed E-state index contributed by atoms with van der Waals surface area (Å²) < 4.78 is 0. The van der Waals surface area contributed by atoms with Crippen molar-refractivity contribution in [3.8, 4) is 22.3 Å². The summed E-state index contributed by atoms with van der Waals surface area (Å²) in [6, 6.07) is 48.7. The van der Waals surface area contributed by atoms with Gasteiger partial charge >= 0.3 is 0 Å². The monoisotopic (exact) mass is 488 g/mol. The summed E-state index contributed by atoms with van der Waals surface area (Å²) in [5, 5.41) is 0. The second-order valence-electron chi connectivity index (χ2n) is 9.22. The molecule has 0 amide bonds. The van der Waals surface area contributed by atoms with E-state index in [0.717, 1.165) is 45.5 Å². The lowest BCUT2D eigenvalue weighted by molar-refractivity contribution is 1.08. The third-order valence-electron chi connectivity index (χ3n) is 6.88. The summed E-state index contributed by atoms with van der Waals surface area (Å²) in [4.78, 5) is 13.9. The number of anilines is 6. The maximum Gasteiger partial charge on any atom is 0.143 e. The highest BCUT2D eigenvalue weighted by atomic mass is 15.2. The average Bonchev–Trinajstić information content (AvgIpc) is 2.99. The van der Waals surface area contributed by atoms with Crippen molar-refractivity contribution < 1.29 is 0 Å². The summed E-state index contributed by atoms with van der Waals surface area (Å²) in [7, 11) is 0. The number of benzene rings is 5. The van der Waals surface area contributed by atoms with Crippen LogP contribution < -0.4 is 9.80 Å². The van der Waals surface area contributed by atoms with Crippen LogP contribution in [0.25, 0.3) is 22.3 Å². The molecule has 0 saturated heterocycles. The first-order valence-electron chi connectivity index (χ1n) is 12.7. The number of para-hydroxylation sites is 2. The smallest absolute Gasteiger partial charge is 0.143 e. The number of hydrogen-bond acceptors (Lipinski definition) is 4. The molecule has 5 aromatic carbocycles. The molecule has 0 N–H and O–H groups in total. The quantitative estimate of drug-likeness (QED) is 0.243. The predicted octanol–water partition coefficient (Wildman–Crippen LogP) is 9.06. The lowest BCUT2D eigenvalue weighted by atomic mass is 9.94. The molecule has 6 aromatic rings. The minimum atomic E-state index is 0.794. The van der Waals surface area contributed by atoms with Crippen molar-refractivity contribution in [1.29, 1.82) is 0 Å². The fourth-order valence-corrected chi connectivity index (χ4v) is 5.17. The van der Waals surface area contributed by atoms with Gasteiger partial charge in [-0.05, 0) is 70.8 Å². The Morgan fingerprint density at radius 1 is 0.368 bits per heavy atom. The molecule has 0 unspecified atom stereocenters. The van der Waals surface area contributed by atoms with E-state index < -0.39 is 0 Å². The molecule has 0 spiro atoms. The summed E-state index contributed by atoms with van der Waals surface area (Å²) in [5.41, 5.74) is 8.80. The van der Waals surface area contributed by atoms with Crippen LogP contribution in [0.5, 0.6) is 0 Å². The molecule has 2 heterocycles. The van der Waals surface area contributed by atoms with E-state index in [-0.39, 0.29) is 0 Å². The average molecular weight is 489 g/mol. The predicted molar refractivity (Wildman–Crippen MR) is 156 cm³/mol. The van der Waals surface area contributed by atoms with Gasteiger partial charge in [0.25, 0.3) is 0 Å². The molecule has 4 heteroatoms. The summed E-state index contributed by atoms with van der Waals surface area (Å²) in [6.07, 6.45) is 1.65. The van der Waals surface area contributed by atoms with E-state index in [1.165, 1.54) is 11.1 Å². The standard InChI is InChI=1S/C34H24N4/c1-3-13-27(14-4-1)37-29-17-9-11-25(21-29)31-19-7-8-20-32(31)26-12-10-18-30(22-26)38(28-15-5-2-6-16-28)34-23-33(37)35-24-36-34/h1-24H. The van der Waals surface area contributed by atoms with Gasteiger partial charge in [-0.15, -0.1) is 0 Å². The van der Waals surface area contributed by atoms with E-state index in [9.17, 15) is 0 Å². The molecule has 0 saturated carbocycles. The van der Waals surface area contributed by atoms with Gasteiger partial charge < -0.3 is 0 Å². The Kier molecular flexibility index (Phi) is 5.41. The van der Waals surface area contributed by atoms with E-state index in [0.29, 0.717) is 0 Å². The lowest BCUT2D eigenvalue weighted by Gasteiger charge is -2.27. The molecule has 6 bridgehead atoms. The summed E-state index contributed by atoms with van der Waals surface area (Å²) in [6.45, 7) is 0. The molecule has 4 nitrogen and oxygen atoms in total. The zero-order valence-electron chi connectivity index (χ0n) is 20.6. The highest BCUT2D eigenvalue weighted by Crippen LogP contribution is 2.42. The summed E-state index contributed by atoms with van der Waals surface area (Å²) >= 11 is 0. The Balaban J connectivity index is 1.57. The van der Waals surface area contributed by atoms with Crippen LogP contribution in [0.3, 0.4) is 0 Å². The van der Waals surface area contributed by atoms with Crippen molar-refractivity contribution >= 4 is 34.4 Å². The summed E-state index contributed by atoms with van der Waals surface area (Å²) in [5.74, 6) is 1.59. The van der Waals surface area contributed by atoms with Crippen LogP contribution in [0.4, 0.5) is 34.4 Å². The molecule has 7 rings (SSSR count). The van der Waals surface area contributed by atoms with Crippen molar-refractivity contribution in [1.82, 2.24) is 9.97 Å². The van der Waals surface area contributed by atoms with Crippen molar-refractivity contribution in [2.24, 2.45) is 0 Å². The number of rotatable bonds is 2. The minimum Gasteiger partial charge on any atom is -0.295 e. The molecule has 0 fully saturated rings. The van der Waals surface area contributed by atoms with Gasteiger partial charge in [-0.1, -0.05) is 84.9 Å². The molecule has 180 valence electrons. The SMILES string of the molecule is c1ccc(N2c3cccc(c3)-c3ccccc3-c3cccc(c3)N(c3ccccc3)c3cc2ncn3)cc1. The largest absolute Gasteiger partial charge is 0.295 e. The zero-order chi connectivity index (χ0) is 25.3. The first-order valence-corrected chi connectivity index (χ1v) is 12.7. The number of hydrogen-bond donors (Lipinski definition) is 0. The highest BCUT2D eigenvalue weighted by Gasteiger charge is 2.21. The van der Waals surface area contributed by atoms with Crippen LogP contribution >= 0.6 is 0 Å². The lowest BCUT2D eigenvalue weighted by Crippen LogP contribution is -2.15. The van der Waals surface area contributed by atoms with E-state index in [1.807, 2.05) is 12.1 Å². The first-order chi connectivity index (χ1) is 18.8. The van der Waals surface area contributed by atoms with E-state index >= 15 is 0 Å². The van der Waals surface area contributed by atoms with Crippen LogP contribution in [0.1, 0.15) is 0 Å². The van der Waals surface area contributed by atoms with E-state index in [2.05, 4.69) is 137 Å². The fourth-order valence-electron chi connectivity index (χ4n) is 5.17. The van der Waals surface area contributed by atoms with Crippen molar-refractivity contribution in [3.05, 3.63) is 146 Å². The second-order valence-corrected chi connectivity index (χ2v) is 9.22. The van der Waals surface area contributed by atoms with Gasteiger partial charge in [-0.3, -0.25) is 9.80 Å². The van der Waals surface area contributed by atoms with Crippen molar-refractivity contribution in [2.75, 3.05) is 9.80 Å². The Morgan fingerprint density at radius 3 is 1.26 bits per heavy atom. The molecule has 1 aliphatic heterocycles. The Bertz CT molecular complexity index is 1610. The Morgan fingerprint density at radius 2 is 0.789 bits per heavy atom. The van der Waals surface area contributed by atoms with Crippen molar-refractivity contribution in [2.45, 2.75) is 0 Å². The molecule has 0 radical (unpaired) electrons. The molecule has 1 aliphatic rings. The second kappa shape index (κ2) is 9.34. The topological polar surface area (TPSA) is 32.3 Å².